The highest BCUT2D eigenvalue weighted by Crippen LogP contribution is 2.30. The van der Waals surface area contributed by atoms with Crippen LogP contribution in [0.5, 0.6) is 0 Å². The first-order valence-electron chi connectivity index (χ1n) is 27.4. The highest BCUT2D eigenvalue weighted by atomic mass is 32.2. The number of fused-ring (bicyclic) bond motifs is 1. The Morgan fingerprint density at radius 3 is 1.93 bits per heavy atom. The molecule has 0 saturated carbocycles. The van der Waals surface area contributed by atoms with Crippen molar-refractivity contribution in [1.82, 2.24) is 52.3 Å². The summed E-state index contributed by atoms with van der Waals surface area (Å²) in [5, 5.41) is 31.1. The topological polar surface area (TPSA) is 444 Å². The maximum absolute atomic E-state index is 14.5. The number of amides is 11. The van der Waals surface area contributed by atoms with Crippen LogP contribution in [0.25, 0.3) is 0 Å². The molecule has 0 aromatic rings. The Balaban J connectivity index is 2.17. The number of thioether (sulfide) groups is 1. The van der Waals surface area contributed by atoms with Crippen LogP contribution in [-0.4, -0.2) is 189 Å². The van der Waals surface area contributed by atoms with Gasteiger partial charge in [-0.25, -0.2) is 0 Å². The van der Waals surface area contributed by atoms with E-state index in [4.69, 9.17) is 22.9 Å². The minimum Gasteiger partial charge on any atom is -0.481 e. The fourth-order valence-electron chi connectivity index (χ4n) is 9.66. The maximum atomic E-state index is 14.5. The third kappa shape index (κ3) is 20.1. The van der Waals surface area contributed by atoms with Crippen LogP contribution in [0.4, 0.5) is 0 Å². The van der Waals surface area contributed by atoms with Crippen LogP contribution < -0.4 is 65.5 Å². The van der Waals surface area contributed by atoms with Crippen molar-refractivity contribution in [2.24, 2.45) is 45.7 Å². The lowest BCUT2D eigenvalue weighted by molar-refractivity contribution is -0.148. The first kappa shape index (κ1) is 67.5. The highest BCUT2D eigenvalue weighted by molar-refractivity contribution is 7.99. The molecule has 29 heteroatoms. The third-order valence-corrected chi connectivity index (χ3v) is 15.4. The van der Waals surface area contributed by atoms with E-state index in [1.165, 1.54) is 23.6 Å². The van der Waals surface area contributed by atoms with Gasteiger partial charge in [0.15, 0.2) is 5.96 Å². The molecule has 0 unspecified atom stereocenters. The number of guanidine groups is 1. The summed E-state index contributed by atoms with van der Waals surface area (Å²) in [7, 11) is 0. The maximum Gasteiger partial charge on any atom is 0.305 e. The molecule has 17 N–H and O–H groups in total. The Labute approximate surface area is 471 Å². The Morgan fingerprint density at radius 1 is 0.762 bits per heavy atom. The Kier molecular flexibility index (Phi) is 26.9. The Bertz CT molecular complexity index is 2290. The van der Waals surface area contributed by atoms with Gasteiger partial charge in [-0.3, -0.25) is 62.5 Å². The molecule has 11 atom stereocenters. The van der Waals surface area contributed by atoms with Gasteiger partial charge in [-0.2, -0.15) is 11.8 Å². The van der Waals surface area contributed by atoms with E-state index >= 15 is 0 Å². The molecule has 80 heavy (non-hydrogen) atoms. The number of likely N-dealkylation sites (tertiary alicyclic amines) is 1. The van der Waals surface area contributed by atoms with E-state index in [2.05, 4.69) is 47.5 Å². The molecule has 0 aromatic heterocycles. The van der Waals surface area contributed by atoms with Crippen molar-refractivity contribution in [2.45, 2.75) is 186 Å². The van der Waals surface area contributed by atoms with Crippen molar-refractivity contribution in [3.63, 3.8) is 0 Å². The fourth-order valence-corrected chi connectivity index (χ4v) is 10.7. The number of rotatable bonds is 16. The number of hydrogen-bond acceptors (Lipinski definition) is 15. The average molecular weight is 1150 g/mol. The summed E-state index contributed by atoms with van der Waals surface area (Å²) in [5.74, 6) is -11.7. The van der Waals surface area contributed by atoms with E-state index in [-0.39, 0.29) is 100 Å². The second-order valence-corrected chi connectivity index (χ2v) is 23.0. The van der Waals surface area contributed by atoms with E-state index in [1.54, 1.807) is 13.8 Å². The molecule has 28 nitrogen and oxygen atoms in total. The van der Waals surface area contributed by atoms with Gasteiger partial charge in [-0.1, -0.05) is 48.0 Å². The number of hydrogen-bond donors (Lipinski definition) is 13. The van der Waals surface area contributed by atoms with Crippen LogP contribution in [0, 0.1) is 17.8 Å². The van der Waals surface area contributed by atoms with Gasteiger partial charge in [-0.05, 0) is 95.1 Å². The molecule has 3 saturated heterocycles. The van der Waals surface area contributed by atoms with Crippen LogP contribution in [0.15, 0.2) is 4.99 Å². The van der Waals surface area contributed by atoms with Crippen LogP contribution >= 0.6 is 11.8 Å². The van der Waals surface area contributed by atoms with E-state index in [0.717, 1.165) is 11.8 Å². The van der Waals surface area contributed by atoms with Crippen LogP contribution in [-0.2, 0) is 57.5 Å². The molecule has 3 aliphatic heterocycles. The molecule has 3 rings (SSSR count). The van der Waals surface area contributed by atoms with Gasteiger partial charge in [0, 0.05) is 25.4 Å². The second kappa shape index (κ2) is 31.9. The monoisotopic (exact) mass is 1150 g/mol. The molecular formula is C51H87N15O13S. The summed E-state index contributed by atoms with van der Waals surface area (Å²) in [4.78, 5) is 172. The zero-order valence-electron chi connectivity index (χ0n) is 47.4. The van der Waals surface area contributed by atoms with Crippen molar-refractivity contribution in [1.29, 1.82) is 0 Å². The van der Waals surface area contributed by atoms with Gasteiger partial charge in [0.05, 0.1) is 13.0 Å². The van der Waals surface area contributed by atoms with E-state index in [9.17, 15) is 62.6 Å². The summed E-state index contributed by atoms with van der Waals surface area (Å²) < 4.78 is 0. The molecule has 0 aromatic carbocycles. The number of nitrogens with zero attached hydrogens (tertiary/aromatic N) is 3. The number of carboxylic acid groups (broad SMARTS) is 1. The third-order valence-electron chi connectivity index (χ3n) is 14.4. The zero-order valence-corrected chi connectivity index (χ0v) is 48.2. The minimum absolute atomic E-state index is 0.0185. The molecule has 3 aliphatic rings. The number of aliphatic carboxylic acids is 1. The van der Waals surface area contributed by atoms with Gasteiger partial charge >= 0.3 is 5.97 Å². The molecule has 3 heterocycles. The first-order chi connectivity index (χ1) is 37.5. The number of carbonyl (C=O) groups excluding carboxylic acids is 11. The number of aliphatic imine (C=N–C) groups is 1. The number of primary amides is 1. The second-order valence-electron chi connectivity index (χ2n) is 21.8. The Morgan fingerprint density at radius 2 is 1.35 bits per heavy atom. The predicted octanol–water partition coefficient (Wildman–Crippen LogP) is -3.50. The molecule has 0 aliphatic carbocycles. The van der Waals surface area contributed by atoms with E-state index in [1.807, 2.05) is 27.7 Å². The average Bonchev–Trinajstić information content (AvgIpc) is 4.06. The summed E-state index contributed by atoms with van der Waals surface area (Å²) in [6, 6.07) is -12.1. The van der Waals surface area contributed by atoms with Crippen molar-refractivity contribution >= 4 is 88.7 Å². The fraction of sp³-hybridized carbons (Fsp3) is 0.745. The lowest BCUT2D eigenvalue weighted by Gasteiger charge is -2.37. The standard InChI is InChI=1S/C51H87N15O13S/c1-9-28(6)39-47(77)61-33(22-27(4)5)44(74)60-32(21-26(2)3)43(73)57-29(7)48(78)66-19-12-16-51(66,8)49(79)63-34(23-38(68)69)45(75)58-30(13-10-17-56-50(54)55)41(71)62-35(40(53)70)25-80-20-15-31(42(72)64-39)59-46(76)36-14-11-18-65(36)37(67)24-52/h26-36,39H,9-25,52H2,1-8H3,(H2,53,70)(H,57,73)(H,58,75)(H,59,76)(H,60,74)(H,61,77)(H,62,71)(H,63,79)(H,64,72)(H,68,69)(H4,54,55,56)/t28-,29-,30-,31-,32-,33-,34-,35-,36-,39-,51+/m0/s1. The molecule has 0 bridgehead atoms. The summed E-state index contributed by atoms with van der Waals surface area (Å²) >= 11 is 1.04. The lowest BCUT2D eigenvalue weighted by Crippen LogP contribution is -2.63. The number of nitrogens with one attached hydrogen (secondary N) is 8. The summed E-state index contributed by atoms with van der Waals surface area (Å²) in [6.07, 6.45) is 0.476. The summed E-state index contributed by atoms with van der Waals surface area (Å²) in [5.41, 5.74) is 20.7. The van der Waals surface area contributed by atoms with Gasteiger partial charge in [0.25, 0.3) is 0 Å². The SMILES string of the molecule is CC[C@H](C)[C@@H]1NC(=O)[C@@H](NC(=O)[C@@H]2CCCN2C(=O)CN)CCSC[C@@H](C(N)=O)NC(=O)[C@H](CCCN=C(N)N)NC(=O)[C@H](CC(=O)O)NC(=O)[C@@]2(C)CCCN2C(=O)[C@H](C)NC(=O)[C@H](CC(C)C)NC(=O)[C@H](CC(C)C)NC1=O. The molecule has 11 amide bonds. The smallest absolute Gasteiger partial charge is 0.305 e. The molecule has 3 fully saturated rings. The van der Waals surface area contributed by atoms with Gasteiger partial charge in [0.2, 0.25) is 65.0 Å². The Hall–Kier alpha value is -6.78. The quantitative estimate of drug-likeness (QED) is 0.0405. The van der Waals surface area contributed by atoms with Crippen molar-refractivity contribution in [2.75, 3.05) is 37.7 Å². The lowest BCUT2D eigenvalue weighted by atomic mass is 9.95. The van der Waals surface area contributed by atoms with Gasteiger partial charge in [-0.15, -0.1) is 0 Å². The van der Waals surface area contributed by atoms with E-state index < -0.39 is 143 Å². The van der Waals surface area contributed by atoms with Crippen molar-refractivity contribution in [3.05, 3.63) is 0 Å². The molecule has 0 radical (unpaired) electrons. The van der Waals surface area contributed by atoms with E-state index in [0.29, 0.717) is 19.3 Å². The molecular weight excluding hydrogens is 1060 g/mol. The minimum atomic E-state index is -1.81. The molecule has 450 valence electrons. The normalized spacial score (nSPS) is 28.1. The molecule has 0 spiro atoms. The van der Waals surface area contributed by atoms with Gasteiger partial charge in [0.1, 0.15) is 59.9 Å². The van der Waals surface area contributed by atoms with Crippen molar-refractivity contribution in [3.8, 4) is 0 Å². The van der Waals surface area contributed by atoms with Crippen molar-refractivity contribution < 1.29 is 62.6 Å². The largest absolute Gasteiger partial charge is 0.481 e. The predicted molar refractivity (Wildman–Crippen MR) is 296 cm³/mol. The number of carboxylic acids is 1. The number of carbonyl (C=O) groups is 12. The van der Waals surface area contributed by atoms with Crippen LogP contribution in [0.2, 0.25) is 0 Å². The summed E-state index contributed by atoms with van der Waals surface area (Å²) in [6.45, 7) is 13.5. The van der Waals surface area contributed by atoms with Crippen LogP contribution in [0.1, 0.15) is 126 Å². The zero-order chi connectivity index (χ0) is 60.2. The van der Waals surface area contributed by atoms with Gasteiger partial charge < -0.3 is 80.4 Å². The first-order valence-corrected chi connectivity index (χ1v) is 28.6. The van der Waals surface area contributed by atoms with Crippen LogP contribution in [0.3, 0.4) is 0 Å². The highest BCUT2D eigenvalue weighted by Gasteiger charge is 2.48. The number of nitrogens with two attached hydrogens (primary N) is 4.